The van der Waals surface area contributed by atoms with Gasteiger partial charge in [-0.25, -0.2) is 0 Å². The Morgan fingerprint density at radius 3 is 2.76 bits per heavy atom. The molecule has 0 heterocycles. The van der Waals surface area contributed by atoms with Crippen LogP contribution in [0.15, 0.2) is 0 Å². The maximum Gasteiger partial charge on any atom is 0.225 e. The van der Waals surface area contributed by atoms with E-state index in [0.717, 1.165) is 25.7 Å². The summed E-state index contributed by atoms with van der Waals surface area (Å²) in [7, 11) is 0. The summed E-state index contributed by atoms with van der Waals surface area (Å²) in [6.45, 7) is 2.07. The van der Waals surface area contributed by atoms with E-state index in [4.69, 9.17) is 12.2 Å². The molecule has 3 N–H and O–H groups in total. The van der Waals surface area contributed by atoms with E-state index in [1.54, 1.807) is 0 Å². The molecule has 2 rings (SSSR count). The van der Waals surface area contributed by atoms with Crippen LogP contribution in [0.2, 0.25) is 0 Å². The zero-order chi connectivity index (χ0) is 12.4. The number of hydrogen-bond donors (Lipinski definition) is 2. The van der Waals surface area contributed by atoms with E-state index < -0.39 is 0 Å². The van der Waals surface area contributed by atoms with E-state index in [1.807, 2.05) is 0 Å². The van der Waals surface area contributed by atoms with Gasteiger partial charge in [0, 0.05) is 6.04 Å². The van der Waals surface area contributed by atoms with Crippen LogP contribution in [0, 0.1) is 30.1 Å². The highest BCUT2D eigenvalue weighted by Crippen LogP contribution is 2.47. The first-order chi connectivity index (χ1) is 8.17. The first kappa shape index (κ1) is 12.4. The molecule has 3 heteroatoms. The van der Waals surface area contributed by atoms with Crippen LogP contribution in [0.25, 0.3) is 0 Å². The molecule has 0 spiro atoms. The van der Waals surface area contributed by atoms with Crippen molar-refractivity contribution in [1.29, 1.82) is 0 Å². The summed E-state index contributed by atoms with van der Waals surface area (Å²) in [5, 5.41) is 2.97. The quantitative estimate of drug-likeness (QED) is 0.720. The van der Waals surface area contributed by atoms with Crippen LogP contribution < -0.4 is 11.1 Å². The van der Waals surface area contributed by atoms with Crippen LogP contribution in [-0.4, -0.2) is 18.0 Å². The monoisotopic (exact) mass is 234 g/mol. The molecule has 17 heavy (non-hydrogen) atoms. The number of nitrogens with two attached hydrogens (primary N) is 1. The Balaban J connectivity index is 1.94. The standard InChI is InChI=1S/C14H22N2O/c1-3-5-11(4-2)16-14(17)12-9-6-7-10(8-9)13(12)15/h2,9-13H,3,5-8,15H2,1H3,(H,16,17). The largest absolute Gasteiger partial charge is 0.342 e. The van der Waals surface area contributed by atoms with E-state index in [9.17, 15) is 4.79 Å². The number of carbonyl (C=O) groups excluding carboxylic acids is 1. The van der Waals surface area contributed by atoms with Gasteiger partial charge < -0.3 is 11.1 Å². The lowest BCUT2D eigenvalue weighted by atomic mass is 9.84. The first-order valence-electron chi connectivity index (χ1n) is 6.69. The molecule has 5 unspecified atom stereocenters. The molecule has 0 radical (unpaired) electrons. The summed E-state index contributed by atoms with van der Waals surface area (Å²) in [4.78, 5) is 12.2. The normalized spacial score (nSPS) is 36.5. The van der Waals surface area contributed by atoms with E-state index in [1.165, 1.54) is 6.42 Å². The minimum Gasteiger partial charge on any atom is -0.342 e. The van der Waals surface area contributed by atoms with E-state index in [2.05, 4.69) is 18.2 Å². The average Bonchev–Trinajstić information content (AvgIpc) is 2.88. The number of hydrogen-bond acceptors (Lipinski definition) is 2. The summed E-state index contributed by atoms with van der Waals surface area (Å²) in [6, 6.07) is -0.0763. The molecule has 3 nitrogen and oxygen atoms in total. The lowest BCUT2D eigenvalue weighted by molar-refractivity contribution is -0.127. The summed E-state index contributed by atoms with van der Waals surface area (Å²) >= 11 is 0. The summed E-state index contributed by atoms with van der Waals surface area (Å²) in [5.41, 5.74) is 6.14. The van der Waals surface area contributed by atoms with E-state index in [-0.39, 0.29) is 23.9 Å². The van der Waals surface area contributed by atoms with Gasteiger partial charge in [-0.05, 0) is 37.5 Å². The Labute approximate surface area is 104 Å². The molecule has 2 saturated carbocycles. The molecular formula is C14H22N2O. The minimum absolute atomic E-state index is 0.00135. The first-order valence-corrected chi connectivity index (χ1v) is 6.69. The summed E-state index contributed by atoms with van der Waals surface area (Å²) < 4.78 is 0. The number of terminal acetylenes is 1. The Bertz CT molecular complexity index is 332. The topological polar surface area (TPSA) is 55.1 Å². The fourth-order valence-corrected chi connectivity index (χ4v) is 3.48. The summed E-state index contributed by atoms with van der Waals surface area (Å²) in [5.74, 6) is 3.79. The van der Waals surface area contributed by atoms with Crippen molar-refractivity contribution in [3.8, 4) is 12.3 Å². The number of amides is 1. The SMILES string of the molecule is C#CC(CCC)NC(=O)C1C2CCC(C2)C1N. The molecule has 2 fully saturated rings. The number of fused-ring (bicyclic) bond motifs is 2. The zero-order valence-electron chi connectivity index (χ0n) is 10.5. The zero-order valence-corrected chi connectivity index (χ0v) is 10.5. The third-order valence-electron chi connectivity index (χ3n) is 4.38. The van der Waals surface area contributed by atoms with Gasteiger partial charge >= 0.3 is 0 Å². The molecule has 0 aliphatic heterocycles. The van der Waals surface area contributed by atoms with Gasteiger partial charge in [-0.3, -0.25) is 4.79 Å². The van der Waals surface area contributed by atoms with Gasteiger partial charge in [0.15, 0.2) is 0 Å². The molecule has 5 atom stereocenters. The lowest BCUT2D eigenvalue weighted by Gasteiger charge is -2.28. The van der Waals surface area contributed by atoms with E-state index in [0.29, 0.717) is 11.8 Å². The highest BCUT2D eigenvalue weighted by atomic mass is 16.2. The Hall–Kier alpha value is -1.01. The Morgan fingerprint density at radius 1 is 1.53 bits per heavy atom. The van der Waals surface area contributed by atoms with Crippen LogP contribution in [-0.2, 0) is 4.79 Å². The third kappa shape index (κ3) is 2.32. The van der Waals surface area contributed by atoms with Crippen molar-refractivity contribution in [3.63, 3.8) is 0 Å². The van der Waals surface area contributed by atoms with Crippen LogP contribution in [0.1, 0.15) is 39.0 Å². The molecule has 0 aromatic heterocycles. The Morgan fingerprint density at radius 2 is 2.24 bits per heavy atom. The fraction of sp³-hybridized carbons (Fsp3) is 0.786. The molecule has 2 aliphatic carbocycles. The molecule has 2 bridgehead atoms. The van der Waals surface area contributed by atoms with Gasteiger partial charge in [0.1, 0.15) is 0 Å². The van der Waals surface area contributed by atoms with E-state index >= 15 is 0 Å². The van der Waals surface area contributed by atoms with Crippen LogP contribution in [0.3, 0.4) is 0 Å². The number of rotatable bonds is 4. The van der Waals surface area contributed by atoms with Gasteiger partial charge in [0.2, 0.25) is 5.91 Å². The summed E-state index contributed by atoms with van der Waals surface area (Å²) in [6.07, 6.45) is 10.7. The van der Waals surface area contributed by atoms with Crippen LogP contribution >= 0.6 is 0 Å². The Kier molecular flexibility index (Phi) is 3.73. The highest BCUT2D eigenvalue weighted by molar-refractivity contribution is 5.81. The average molecular weight is 234 g/mol. The predicted molar refractivity (Wildman–Crippen MR) is 68.0 cm³/mol. The molecule has 0 saturated heterocycles. The maximum atomic E-state index is 12.2. The lowest BCUT2D eigenvalue weighted by Crippen LogP contribution is -2.47. The molecule has 0 aromatic rings. The second-order valence-electron chi connectivity index (χ2n) is 5.45. The molecule has 1 amide bonds. The maximum absolute atomic E-state index is 12.2. The van der Waals surface area contributed by atoms with Crippen molar-refractivity contribution >= 4 is 5.91 Å². The van der Waals surface area contributed by atoms with Gasteiger partial charge in [0.25, 0.3) is 0 Å². The van der Waals surface area contributed by atoms with Crippen molar-refractivity contribution in [2.24, 2.45) is 23.5 Å². The highest BCUT2D eigenvalue weighted by Gasteiger charge is 2.49. The van der Waals surface area contributed by atoms with Crippen LogP contribution in [0.4, 0.5) is 0 Å². The van der Waals surface area contributed by atoms with Gasteiger partial charge in [-0.15, -0.1) is 6.42 Å². The smallest absolute Gasteiger partial charge is 0.225 e. The fourth-order valence-electron chi connectivity index (χ4n) is 3.48. The van der Waals surface area contributed by atoms with Crippen molar-refractivity contribution in [2.75, 3.05) is 0 Å². The third-order valence-corrected chi connectivity index (χ3v) is 4.38. The molecule has 2 aliphatic rings. The number of nitrogens with one attached hydrogen (secondary N) is 1. The van der Waals surface area contributed by atoms with Crippen molar-refractivity contribution < 1.29 is 4.79 Å². The minimum atomic E-state index is -0.126. The van der Waals surface area contributed by atoms with Crippen LogP contribution in [0.5, 0.6) is 0 Å². The second kappa shape index (κ2) is 5.10. The second-order valence-corrected chi connectivity index (χ2v) is 5.45. The number of carbonyl (C=O) groups is 1. The van der Waals surface area contributed by atoms with Crippen molar-refractivity contribution in [3.05, 3.63) is 0 Å². The molecular weight excluding hydrogens is 212 g/mol. The molecule has 94 valence electrons. The van der Waals surface area contributed by atoms with Crippen molar-refractivity contribution in [1.82, 2.24) is 5.32 Å². The van der Waals surface area contributed by atoms with Gasteiger partial charge in [-0.2, -0.15) is 0 Å². The van der Waals surface area contributed by atoms with Gasteiger partial charge in [-0.1, -0.05) is 19.3 Å². The predicted octanol–water partition coefficient (Wildman–Crippen LogP) is 1.28. The molecule has 0 aromatic carbocycles. The van der Waals surface area contributed by atoms with Gasteiger partial charge in [0.05, 0.1) is 12.0 Å². The van der Waals surface area contributed by atoms with Crippen molar-refractivity contribution in [2.45, 2.75) is 51.1 Å².